The van der Waals surface area contributed by atoms with Crippen LogP contribution in [-0.2, 0) is 15.8 Å². The van der Waals surface area contributed by atoms with Crippen molar-refractivity contribution in [3.63, 3.8) is 0 Å². The highest BCUT2D eigenvalue weighted by molar-refractivity contribution is 7.88. The number of ether oxygens (including phenoxy) is 1. The van der Waals surface area contributed by atoms with Crippen LogP contribution in [0, 0.1) is 6.92 Å². The lowest BCUT2D eigenvalue weighted by atomic mass is 9.94. The first kappa shape index (κ1) is 19.1. The molecule has 0 saturated heterocycles. The van der Waals surface area contributed by atoms with E-state index in [1.54, 1.807) is 0 Å². The summed E-state index contributed by atoms with van der Waals surface area (Å²) in [5.41, 5.74) is 1.86. The Morgan fingerprint density at radius 1 is 1.19 bits per heavy atom. The van der Waals surface area contributed by atoms with Crippen molar-refractivity contribution >= 4 is 21.6 Å². The molecule has 140 valence electrons. The highest BCUT2D eigenvalue weighted by Crippen LogP contribution is 2.23. The van der Waals surface area contributed by atoms with Crippen LogP contribution in [0.15, 0.2) is 36.7 Å². The minimum Gasteiger partial charge on any atom is -0.460 e. The average Bonchev–Trinajstić information content (AvgIpc) is 2.58. The second kappa shape index (κ2) is 8.33. The average molecular weight is 396 g/mol. The normalized spacial score (nSPS) is 20.7. The van der Waals surface area contributed by atoms with Crippen LogP contribution in [0.2, 0.25) is 5.02 Å². The summed E-state index contributed by atoms with van der Waals surface area (Å²) in [5.74, 6) is 0.00369. The van der Waals surface area contributed by atoms with Crippen LogP contribution in [0.5, 0.6) is 6.01 Å². The standard InChI is InChI=1S/C18H22ClN3O3S/c1-13-3-2-4-14(9-13)12-26(23,24)22-16-5-7-17(8-6-16)25-18-20-10-15(19)11-21-18/h2-4,9-11,16-17,22H,5-8,12H2,1H3. The molecule has 0 radical (unpaired) electrons. The van der Waals surface area contributed by atoms with Gasteiger partial charge in [-0.2, -0.15) is 0 Å². The Labute approximate surface area is 159 Å². The lowest BCUT2D eigenvalue weighted by Crippen LogP contribution is -2.40. The Morgan fingerprint density at radius 2 is 1.88 bits per heavy atom. The lowest BCUT2D eigenvalue weighted by molar-refractivity contribution is 0.132. The molecule has 1 N–H and O–H groups in total. The Bertz CT molecular complexity index is 835. The van der Waals surface area contributed by atoms with Crippen LogP contribution in [0.3, 0.4) is 0 Å². The van der Waals surface area contributed by atoms with Crippen molar-refractivity contribution in [2.45, 2.75) is 50.5 Å². The SMILES string of the molecule is Cc1cccc(CS(=O)(=O)NC2CCC(Oc3ncc(Cl)cn3)CC2)c1. The maximum atomic E-state index is 12.4. The number of hydrogen-bond acceptors (Lipinski definition) is 5. The number of halogens is 1. The quantitative estimate of drug-likeness (QED) is 0.811. The summed E-state index contributed by atoms with van der Waals surface area (Å²) in [5, 5.41) is 0.462. The van der Waals surface area contributed by atoms with E-state index in [1.807, 2.05) is 31.2 Å². The Kier molecular flexibility index (Phi) is 6.11. The zero-order valence-corrected chi connectivity index (χ0v) is 16.1. The van der Waals surface area contributed by atoms with Gasteiger partial charge >= 0.3 is 6.01 Å². The second-order valence-corrected chi connectivity index (χ2v) is 8.83. The third kappa shape index (κ3) is 5.65. The summed E-state index contributed by atoms with van der Waals surface area (Å²) in [6.07, 6.45) is 5.95. The maximum Gasteiger partial charge on any atom is 0.316 e. The van der Waals surface area contributed by atoms with Crippen LogP contribution in [0.4, 0.5) is 0 Å². The Balaban J connectivity index is 1.49. The number of aryl methyl sites for hydroxylation is 1. The second-order valence-electron chi connectivity index (χ2n) is 6.64. The number of benzene rings is 1. The molecule has 1 aromatic heterocycles. The molecule has 6 nitrogen and oxygen atoms in total. The fourth-order valence-electron chi connectivity index (χ4n) is 3.13. The van der Waals surface area contributed by atoms with E-state index in [0.29, 0.717) is 11.0 Å². The first-order valence-electron chi connectivity index (χ1n) is 8.59. The van der Waals surface area contributed by atoms with Gasteiger partial charge in [-0.15, -0.1) is 0 Å². The van der Waals surface area contributed by atoms with Gasteiger partial charge in [-0.3, -0.25) is 0 Å². The molecule has 1 fully saturated rings. The van der Waals surface area contributed by atoms with Gasteiger partial charge in [0.05, 0.1) is 23.2 Å². The van der Waals surface area contributed by atoms with Gasteiger partial charge in [-0.05, 0) is 38.2 Å². The smallest absolute Gasteiger partial charge is 0.316 e. The molecule has 0 aliphatic heterocycles. The third-order valence-corrected chi connectivity index (χ3v) is 5.93. The fraction of sp³-hybridized carbons (Fsp3) is 0.444. The molecule has 1 saturated carbocycles. The van der Waals surface area contributed by atoms with Crippen LogP contribution < -0.4 is 9.46 Å². The summed E-state index contributed by atoms with van der Waals surface area (Å²) in [7, 11) is -3.36. The van der Waals surface area contributed by atoms with Gasteiger partial charge in [0.1, 0.15) is 6.10 Å². The highest BCUT2D eigenvalue weighted by Gasteiger charge is 2.26. The third-order valence-electron chi connectivity index (χ3n) is 4.33. The summed E-state index contributed by atoms with van der Waals surface area (Å²) < 4.78 is 33.4. The molecule has 0 spiro atoms. The van der Waals surface area contributed by atoms with Crippen molar-refractivity contribution in [2.75, 3.05) is 0 Å². The summed E-state index contributed by atoms with van der Waals surface area (Å²) in [6, 6.07) is 7.81. The molecule has 1 heterocycles. The zero-order chi connectivity index (χ0) is 18.6. The van der Waals surface area contributed by atoms with E-state index in [9.17, 15) is 8.42 Å². The molecule has 0 amide bonds. The minimum atomic E-state index is -3.36. The van der Waals surface area contributed by atoms with Crippen molar-refractivity contribution in [3.05, 3.63) is 52.8 Å². The summed E-state index contributed by atoms with van der Waals surface area (Å²) in [4.78, 5) is 8.06. The Morgan fingerprint density at radius 3 is 2.54 bits per heavy atom. The summed E-state index contributed by atoms with van der Waals surface area (Å²) >= 11 is 5.76. The number of aromatic nitrogens is 2. The molecule has 0 atom stereocenters. The topological polar surface area (TPSA) is 81.2 Å². The van der Waals surface area contributed by atoms with E-state index in [0.717, 1.165) is 36.8 Å². The van der Waals surface area contributed by atoms with Gasteiger partial charge in [0.25, 0.3) is 0 Å². The minimum absolute atomic E-state index is 0.00369. The predicted octanol–water partition coefficient (Wildman–Crippen LogP) is 3.25. The first-order valence-corrected chi connectivity index (χ1v) is 10.6. The van der Waals surface area contributed by atoms with Gasteiger partial charge in [0.15, 0.2) is 0 Å². The fourth-order valence-corrected chi connectivity index (χ4v) is 4.67. The van der Waals surface area contributed by atoms with Gasteiger partial charge in [-0.1, -0.05) is 41.4 Å². The van der Waals surface area contributed by atoms with Crippen LogP contribution in [0.25, 0.3) is 0 Å². The number of hydrogen-bond donors (Lipinski definition) is 1. The molecule has 8 heteroatoms. The monoisotopic (exact) mass is 395 g/mol. The first-order chi connectivity index (χ1) is 12.4. The molecular weight excluding hydrogens is 374 g/mol. The van der Waals surface area contributed by atoms with E-state index < -0.39 is 10.0 Å². The van der Waals surface area contributed by atoms with E-state index in [1.165, 1.54) is 12.4 Å². The van der Waals surface area contributed by atoms with E-state index in [2.05, 4.69) is 14.7 Å². The van der Waals surface area contributed by atoms with E-state index >= 15 is 0 Å². The molecule has 0 bridgehead atoms. The number of sulfonamides is 1. The van der Waals surface area contributed by atoms with Gasteiger partial charge in [-0.25, -0.2) is 23.1 Å². The van der Waals surface area contributed by atoms with Crippen molar-refractivity contribution in [1.82, 2.24) is 14.7 Å². The Hall–Kier alpha value is -1.70. The molecule has 1 aromatic carbocycles. The molecule has 0 unspecified atom stereocenters. The number of rotatable bonds is 6. The van der Waals surface area contributed by atoms with Crippen molar-refractivity contribution in [3.8, 4) is 6.01 Å². The number of nitrogens with zero attached hydrogens (tertiary/aromatic N) is 2. The molecule has 2 aromatic rings. The maximum absolute atomic E-state index is 12.4. The highest BCUT2D eigenvalue weighted by atomic mass is 35.5. The van der Waals surface area contributed by atoms with Crippen LogP contribution in [0.1, 0.15) is 36.8 Å². The number of nitrogens with one attached hydrogen (secondary N) is 1. The van der Waals surface area contributed by atoms with E-state index in [4.69, 9.17) is 16.3 Å². The molecule has 1 aliphatic rings. The van der Waals surface area contributed by atoms with Gasteiger partial charge < -0.3 is 4.74 Å². The molecule has 1 aliphatic carbocycles. The molecule has 26 heavy (non-hydrogen) atoms. The van der Waals surface area contributed by atoms with Crippen molar-refractivity contribution in [2.24, 2.45) is 0 Å². The van der Waals surface area contributed by atoms with Gasteiger partial charge in [0, 0.05) is 6.04 Å². The van der Waals surface area contributed by atoms with Crippen LogP contribution in [-0.4, -0.2) is 30.5 Å². The lowest BCUT2D eigenvalue weighted by Gasteiger charge is -2.28. The van der Waals surface area contributed by atoms with Crippen molar-refractivity contribution < 1.29 is 13.2 Å². The molecule has 3 rings (SSSR count). The molecular formula is C18H22ClN3O3S. The largest absolute Gasteiger partial charge is 0.460 e. The van der Waals surface area contributed by atoms with Gasteiger partial charge in [0.2, 0.25) is 10.0 Å². The zero-order valence-electron chi connectivity index (χ0n) is 14.6. The summed E-state index contributed by atoms with van der Waals surface area (Å²) in [6.45, 7) is 1.95. The van der Waals surface area contributed by atoms with Crippen LogP contribution >= 0.6 is 11.6 Å². The predicted molar refractivity (Wildman–Crippen MR) is 101 cm³/mol. The van der Waals surface area contributed by atoms with Crippen molar-refractivity contribution in [1.29, 1.82) is 0 Å². The van der Waals surface area contributed by atoms with E-state index in [-0.39, 0.29) is 17.9 Å².